The smallest absolute Gasteiger partial charge is 0.121 e. The molecule has 0 amide bonds. The van der Waals surface area contributed by atoms with Crippen molar-refractivity contribution >= 4 is 11.3 Å². The Bertz CT molecular complexity index is 286. The van der Waals surface area contributed by atoms with Gasteiger partial charge in [0.05, 0.1) is 0 Å². The molecular formula is C11H20N2OS. The zero-order chi connectivity index (χ0) is 11.3. The van der Waals surface area contributed by atoms with Crippen LogP contribution in [0, 0.1) is 0 Å². The van der Waals surface area contributed by atoms with Gasteiger partial charge in [-0.05, 0) is 13.8 Å². The van der Waals surface area contributed by atoms with E-state index >= 15 is 0 Å². The molecule has 15 heavy (non-hydrogen) atoms. The molecule has 0 aliphatic rings. The van der Waals surface area contributed by atoms with Crippen molar-refractivity contribution in [1.29, 1.82) is 0 Å². The highest BCUT2D eigenvalue weighted by atomic mass is 32.1. The Balaban J connectivity index is 2.48. The van der Waals surface area contributed by atoms with E-state index in [0.717, 1.165) is 18.2 Å². The maximum atomic E-state index is 5.49. The fourth-order valence-electron chi connectivity index (χ4n) is 1.22. The van der Waals surface area contributed by atoms with Gasteiger partial charge in [0.1, 0.15) is 11.1 Å². The summed E-state index contributed by atoms with van der Waals surface area (Å²) in [4.78, 5) is 5.63. The first-order chi connectivity index (χ1) is 7.13. The molecule has 0 spiro atoms. The number of aromatic nitrogens is 1. The summed E-state index contributed by atoms with van der Waals surface area (Å²) in [5, 5.41) is 4.44. The maximum absolute atomic E-state index is 5.49. The Morgan fingerprint density at radius 2 is 2.20 bits per heavy atom. The normalized spacial score (nSPS) is 13.4. The van der Waals surface area contributed by atoms with Crippen molar-refractivity contribution < 1.29 is 4.74 Å². The van der Waals surface area contributed by atoms with Gasteiger partial charge in [-0.1, -0.05) is 13.8 Å². The third-order valence-corrected chi connectivity index (χ3v) is 3.18. The summed E-state index contributed by atoms with van der Waals surface area (Å²) in [5.74, 6) is 0. The van der Waals surface area contributed by atoms with E-state index in [4.69, 9.17) is 4.74 Å². The first-order valence-corrected chi connectivity index (χ1v) is 6.24. The summed E-state index contributed by atoms with van der Waals surface area (Å²) in [6.07, 6.45) is 2.05. The first kappa shape index (κ1) is 12.6. The van der Waals surface area contributed by atoms with E-state index < -0.39 is 0 Å². The molecule has 0 saturated carbocycles. The van der Waals surface area contributed by atoms with Gasteiger partial charge >= 0.3 is 0 Å². The van der Waals surface area contributed by atoms with Gasteiger partial charge in [-0.3, -0.25) is 0 Å². The predicted octanol–water partition coefficient (Wildman–Crippen LogP) is 2.74. The van der Waals surface area contributed by atoms with Crippen LogP contribution in [0.1, 0.15) is 43.7 Å². The van der Waals surface area contributed by atoms with Crippen molar-refractivity contribution in [1.82, 2.24) is 10.3 Å². The molecule has 0 fully saturated rings. The van der Waals surface area contributed by atoms with Crippen molar-refractivity contribution in [2.75, 3.05) is 6.61 Å². The van der Waals surface area contributed by atoms with Gasteiger partial charge in [0.25, 0.3) is 0 Å². The number of ether oxygens (including phenoxy) is 1. The average Bonchev–Trinajstić information content (AvgIpc) is 2.63. The van der Waals surface area contributed by atoms with Crippen LogP contribution in [0.4, 0.5) is 0 Å². The molecule has 4 heteroatoms. The largest absolute Gasteiger partial charge is 0.372 e. The van der Waals surface area contributed by atoms with Crippen molar-refractivity contribution in [3.05, 3.63) is 16.1 Å². The Labute approximate surface area is 95.9 Å². The quantitative estimate of drug-likeness (QED) is 0.813. The van der Waals surface area contributed by atoms with E-state index in [9.17, 15) is 0 Å². The number of thiazole rings is 1. The molecule has 3 nitrogen and oxygen atoms in total. The van der Waals surface area contributed by atoms with E-state index in [0.29, 0.717) is 6.04 Å². The lowest BCUT2D eigenvalue weighted by Gasteiger charge is -2.07. The van der Waals surface area contributed by atoms with Gasteiger partial charge in [-0.2, -0.15) is 0 Å². The van der Waals surface area contributed by atoms with Gasteiger partial charge in [0.15, 0.2) is 0 Å². The second-order valence-corrected chi connectivity index (χ2v) is 4.94. The minimum atomic E-state index is 0.118. The lowest BCUT2D eigenvalue weighted by atomic mass is 10.4. The molecule has 1 N–H and O–H groups in total. The lowest BCUT2D eigenvalue weighted by molar-refractivity contribution is 0.0762. The molecule has 0 aliphatic heterocycles. The van der Waals surface area contributed by atoms with Gasteiger partial charge in [0, 0.05) is 30.3 Å². The molecule has 0 aliphatic carbocycles. The summed E-state index contributed by atoms with van der Waals surface area (Å²) < 4.78 is 5.49. The minimum absolute atomic E-state index is 0.118. The number of nitrogens with zero attached hydrogens (tertiary/aromatic N) is 1. The van der Waals surface area contributed by atoms with Crippen LogP contribution in [-0.4, -0.2) is 17.6 Å². The SMILES string of the molecule is CCOC(C)c1ncc(CNC(C)C)s1. The second-order valence-electron chi connectivity index (χ2n) is 3.80. The maximum Gasteiger partial charge on any atom is 0.121 e. The molecule has 0 aromatic carbocycles. The Morgan fingerprint density at radius 1 is 1.47 bits per heavy atom. The molecule has 0 bridgehead atoms. The highest BCUT2D eigenvalue weighted by Crippen LogP contribution is 2.22. The number of hydrogen-bond acceptors (Lipinski definition) is 4. The first-order valence-electron chi connectivity index (χ1n) is 5.43. The van der Waals surface area contributed by atoms with E-state index in [1.807, 2.05) is 20.0 Å². The molecule has 1 aromatic heterocycles. The van der Waals surface area contributed by atoms with Crippen LogP contribution in [0.3, 0.4) is 0 Å². The Morgan fingerprint density at radius 3 is 2.80 bits per heavy atom. The zero-order valence-corrected chi connectivity index (χ0v) is 10.7. The topological polar surface area (TPSA) is 34.1 Å². The highest BCUT2D eigenvalue weighted by molar-refractivity contribution is 7.11. The van der Waals surface area contributed by atoms with Crippen molar-refractivity contribution in [2.45, 2.75) is 46.4 Å². The zero-order valence-electron chi connectivity index (χ0n) is 9.91. The highest BCUT2D eigenvalue weighted by Gasteiger charge is 2.10. The van der Waals surface area contributed by atoms with Crippen molar-refractivity contribution in [3.8, 4) is 0 Å². The van der Waals surface area contributed by atoms with Crippen molar-refractivity contribution in [2.24, 2.45) is 0 Å². The van der Waals surface area contributed by atoms with E-state index in [1.165, 1.54) is 4.88 Å². The molecule has 1 atom stereocenters. The number of nitrogens with one attached hydrogen (secondary N) is 1. The van der Waals surface area contributed by atoms with Crippen molar-refractivity contribution in [3.63, 3.8) is 0 Å². The average molecular weight is 228 g/mol. The standard InChI is InChI=1S/C11H20N2OS/c1-5-14-9(4)11-13-7-10(15-11)6-12-8(2)3/h7-9,12H,5-6H2,1-4H3. The molecule has 86 valence electrons. The Hall–Kier alpha value is -0.450. The Kier molecular flexibility index (Phi) is 5.22. The lowest BCUT2D eigenvalue weighted by Crippen LogP contribution is -2.21. The van der Waals surface area contributed by atoms with Gasteiger partial charge in [-0.25, -0.2) is 4.98 Å². The third kappa shape index (κ3) is 4.28. The van der Waals surface area contributed by atoms with Crippen LogP contribution in [0.2, 0.25) is 0 Å². The molecule has 1 rings (SSSR count). The summed E-state index contributed by atoms with van der Waals surface area (Å²) in [6, 6.07) is 0.514. The molecular weight excluding hydrogens is 208 g/mol. The summed E-state index contributed by atoms with van der Waals surface area (Å²) in [5.41, 5.74) is 0. The molecule has 1 unspecified atom stereocenters. The van der Waals surface area contributed by atoms with E-state index in [2.05, 4.69) is 24.1 Å². The summed E-state index contributed by atoms with van der Waals surface area (Å²) in [7, 11) is 0. The third-order valence-electron chi connectivity index (χ3n) is 2.02. The van der Waals surface area contributed by atoms with Crippen LogP contribution in [0.15, 0.2) is 6.20 Å². The second kappa shape index (κ2) is 6.20. The molecule has 1 aromatic rings. The van der Waals surface area contributed by atoms with Crippen LogP contribution < -0.4 is 5.32 Å². The van der Waals surface area contributed by atoms with E-state index in [-0.39, 0.29) is 6.10 Å². The molecule has 0 radical (unpaired) electrons. The summed E-state index contributed by atoms with van der Waals surface area (Å²) >= 11 is 1.72. The minimum Gasteiger partial charge on any atom is -0.372 e. The molecule has 0 saturated heterocycles. The van der Waals surface area contributed by atoms with Crippen LogP contribution in [0.25, 0.3) is 0 Å². The van der Waals surface area contributed by atoms with Crippen LogP contribution in [0.5, 0.6) is 0 Å². The summed E-state index contributed by atoms with van der Waals surface area (Å²) in [6.45, 7) is 9.97. The van der Waals surface area contributed by atoms with Gasteiger partial charge in [0.2, 0.25) is 0 Å². The number of rotatable bonds is 6. The fraction of sp³-hybridized carbons (Fsp3) is 0.727. The molecule has 1 heterocycles. The van der Waals surface area contributed by atoms with Gasteiger partial charge < -0.3 is 10.1 Å². The van der Waals surface area contributed by atoms with E-state index in [1.54, 1.807) is 11.3 Å². The monoisotopic (exact) mass is 228 g/mol. The van der Waals surface area contributed by atoms with Gasteiger partial charge in [-0.15, -0.1) is 11.3 Å². The fourth-order valence-corrected chi connectivity index (χ4v) is 2.09. The predicted molar refractivity (Wildman–Crippen MR) is 64.1 cm³/mol. The van der Waals surface area contributed by atoms with Crippen LogP contribution >= 0.6 is 11.3 Å². The van der Waals surface area contributed by atoms with Crippen LogP contribution in [-0.2, 0) is 11.3 Å². The number of hydrogen-bond donors (Lipinski definition) is 1.